The lowest BCUT2D eigenvalue weighted by Crippen LogP contribution is -2.29. The number of rotatable bonds is 8. The highest BCUT2D eigenvalue weighted by atomic mass is 16.6. The Morgan fingerprint density at radius 3 is 0.473 bits per heavy atom. The average molecular weight is 1520 g/mol. The summed E-state index contributed by atoms with van der Waals surface area (Å²) in [6.45, 7) is 40.3. The Bertz CT molecular complexity index is 5440. The molecule has 0 saturated heterocycles. The predicted octanol–water partition coefficient (Wildman–Crippen LogP) is 16.7. The van der Waals surface area contributed by atoms with E-state index in [1.54, 1.807) is 239 Å². The molecular weight excluding hydrogens is 1430 g/mol. The summed E-state index contributed by atoms with van der Waals surface area (Å²) in [6.07, 6.45) is 0. The van der Waals surface area contributed by atoms with E-state index in [1.165, 1.54) is 0 Å². The van der Waals surface area contributed by atoms with Gasteiger partial charge in [0.25, 0.3) is 0 Å². The van der Waals surface area contributed by atoms with Crippen molar-refractivity contribution in [2.24, 2.45) is 0 Å². The van der Waals surface area contributed by atoms with Crippen molar-refractivity contribution in [3.05, 3.63) is 118 Å². The van der Waals surface area contributed by atoms with Crippen LogP contribution < -0.4 is 0 Å². The van der Waals surface area contributed by atoms with E-state index in [2.05, 4.69) is 9.97 Å². The van der Waals surface area contributed by atoms with E-state index in [4.69, 9.17) is 87.7 Å². The molecule has 0 unspecified atom stereocenters. The number of aromatic nitrogens is 12. The first-order valence-electron chi connectivity index (χ1n) is 36.3. The van der Waals surface area contributed by atoms with Gasteiger partial charge < -0.3 is 47.9 Å². The van der Waals surface area contributed by atoms with Crippen molar-refractivity contribution < 1.29 is 76.3 Å². The number of aromatic amines is 2. The SMILES string of the molecule is CC(C)(C)OC(=O)c1nc2cc3c(cc2nc1C(=O)OC(C)(C)C)-c1cc2[nH]c(cc4nc(cc5[nH]c(cc-3n1)c1cc3nc(C(=O)OC(C)(C)C)c(C(=O)OC(C)(C)C)nc3cc51)-c1cc3nc(C(=O)OC(C)(C)C)c(C(=O)OC(C)(C)C)nc3cc1-4)c1cc3nc(C(=O)OC(C)(C)C)c(C(=O)OC(C)(C)C)nc3cc21. The van der Waals surface area contributed by atoms with Gasteiger partial charge in [0.15, 0.2) is 45.6 Å². The van der Waals surface area contributed by atoms with Gasteiger partial charge in [-0.15, -0.1) is 0 Å². The molecule has 2 N–H and O–H groups in total. The highest BCUT2D eigenvalue weighted by Gasteiger charge is 2.37. The Morgan fingerprint density at radius 1 is 0.205 bits per heavy atom. The second kappa shape index (κ2) is 26.7. The summed E-state index contributed by atoms with van der Waals surface area (Å²) in [5.41, 5.74) is -5.53. The zero-order valence-electron chi connectivity index (χ0n) is 66.9. The highest BCUT2D eigenvalue weighted by molar-refractivity contribution is 6.17. The van der Waals surface area contributed by atoms with Crippen LogP contribution in [-0.4, -0.2) is 152 Å². The normalized spacial score (nSPS) is 12.9. The number of carbonyl (C=O) groups is 8. The van der Waals surface area contributed by atoms with Crippen molar-refractivity contribution in [1.82, 2.24) is 59.8 Å². The lowest BCUT2D eigenvalue weighted by molar-refractivity contribution is 0.000884. The van der Waals surface area contributed by atoms with Crippen LogP contribution in [0.3, 0.4) is 0 Å². The third-order valence-electron chi connectivity index (χ3n) is 16.4. The van der Waals surface area contributed by atoms with Crippen LogP contribution in [0.2, 0.25) is 0 Å². The zero-order chi connectivity index (χ0) is 81.7. The number of hydrogen-bond donors (Lipinski definition) is 2. The molecule has 0 aliphatic carbocycles. The molecule has 0 radical (unpaired) electrons. The summed E-state index contributed by atoms with van der Waals surface area (Å²) < 4.78 is 46.7. The van der Waals surface area contributed by atoms with Crippen LogP contribution in [0.4, 0.5) is 0 Å². The van der Waals surface area contributed by atoms with Gasteiger partial charge in [0, 0.05) is 65.9 Å². The Morgan fingerprint density at radius 2 is 0.339 bits per heavy atom. The number of nitrogens with zero attached hydrogens (tertiary/aromatic N) is 10. The standard InChI is InChI=1S/C84H86N12O16/c1-77(2,3)105-69(97)61-62(70(98)106-78(4,5)6)90-54-26-38-37(25-53(54)89-61)45-33-47-39-27-55-56(92-64(72(100)108-80(10,11)12)63(91-55)71(99)107-79(7,8)9)28-40(39)49(86-47)35-51-43-31-59-60(96-68(76(104)112-84(22,23)24)67(95-59)75(103)111-83(19,20)21)32-44(43)52(88-51)36-50-42-30-58-57(29-41(42)48(87-50)34-46(38)85-45)93-65(73(101)109-81(13,14)15)66(94-58)74(102)110-82(16,17)18/h25-36,85,88H,1-24H3. The second-order valence-electron chi connectivity index (χ2n) is 35.5. The van der Waals surface area contributed by atoms with Crippen molar-refractivity contribution in [2.45, 2.75) is 211 Å². The molecule has 2 aliphatic rings. The second-order valence-corrected chi connectivity index (χ2v) is 35.5. The fraction of sp³-hybridized carbons (Fsp3) is 0.381. The number of nitrogens with one attached hydrogen (secondary N) is 2. The van der Waals surface area contributed by atoms with Gasteiger partial charge in [0.05, 0.1) is 66.9 Å². The van der Waals surface area contributed by atoms with Crippen LogP contribution in [0, 0.1) is 0 Å². The van der Waals surface area contributed by atoms with Crippen molar-refractivity contribution in [3.63, 3.8) is 0 Å². The largest absolute Gasteiger partial charge is 0.455 e. The topological polar surface area (TPSA) is 371 Å². The fourth-order valence-electron chi connectivity index (χ4n) is 12.4. The number of fused-ring (bicyclic) bond motifs is 24. The molecule has 4 aromatic carbocycles. The van der Waals surface area contributed by atoms with E-state index < -0.39 is 138 Å². The summed E-state index contributed by atoms with van der Waals surface area (Å²) in [5.74, 6) is -7.50. The van der Waals surface area contributed by atoms with Gasteiger partial charge in [-0.1, -0.05) is 0 Å². The minimum absolute atomic E-state index is 0.155. The zero-order valence-corrected chi connectivity index (χ0v) is 66.9. The van der Waals surface area contributed by atoms with Gasteiger partial charge in [-0.05, 0) is 239 Å². The van der Waals surface area contributed by atoms with Crippen molar-refractivity contribution in [3.8, 4) is 45.0 Å². The molecule has 0 amide bonds. The van der Waals surface area contributed by atoms with Crippen LogP contribution in [-0.2, 0) is 37.9 Å². The molecule has 0 fully saturated rings. The van der Waals surface area contributed by atoms with Crippen LogP contribution in [0.25, 0.3) is 133 Å². The number of esters is 8. The molecule has 0 atom stereocenters. The van der Waals surface area contributed by atoms with Crippen molar-refractivity contribution in [2.75, 3.05) is 0 Å². The number of carbonyl (C=O) groups excluding carboxylic acids is 8. The van der Waals surface area contributed by atoms with Crippen LogP contribution in [0.15, 0.2) is 72.8 Å². The molecule has 11 aromatic rings. The Labute approximate surface area is 642 Å². The Hall–Kier alpha value is -12.4. The van der Waals surface area contributed by atoms with E-state index in [0.29, 0.717) is 88.6 Å². The molecule has 2 aliphatic heterocycles. The first-order chi connectivity index (χ1) is 51.6. The third-order valence-corrected chi connectivity index (χ3v) is 16.4. The smallest absolute Gasteiger partial charge is 0.360 e. The van der Waals surface area contributed by atoms with Gasteiger partial charge in [-0.3, -0.25) is 0 Å². The molecule has 28 heteroatoms. The minimum Gasteiger partial charge on any atom is -0.455 e. The van der Waals surface area contributed by atoms with Crippen LogP contribution in [0.1, 0.15) is 250 Å². The monoisotopic (exact) mass is 1520 g/mol. The Kier molecular flexibility index (Phi) is 18.5. The Balaban J connectivity index is 1.20. The first-order valence-corrected chi connectivity index (χ1v) is 36.3. The van der Waals surface area contributed by atoms with Crippen molar-refractivity contribution in [1.29, 1.82) is 0 Å². The van der Waals surface area contributed by atoms with Gasteiger partial charge in [0.2, 0.25) is 0 Å². The molecule has 9 heterocycles. The van der Waals surface area contributed by atoms with E-state index in [1.807, 2.05) is 0 Å². The maximum absolute atomic E-state index is 14.3. The third kappa shape index (κ3) is 16.4. The predicted molar refractivity (Wildman–Crippen MR) is 419 cm³/mol. The summed E-state index contributed by atoms with van der Waals surface area (Å²) in [7, 11) is 0. The average Bonchev–Trinajstić information content (AvgIpc) is 1.54. The first kappa shape index (κ1) is 77.8. The van der Waals surface area contributed by atoms with E-state index >= 15 is 0 Å². The molecule has 28 nitrogen and oxygen atoms in total. The molecule has 0 saturated carbocycles. The number of H-pyrrole nitrogens is 2. The molecule has 7 aromatic heterocycles. The van der Waals surface area contributed by atoms with Gasteiger partial charge in [-0.25, -0.2) is 88.2 Å². The summed E-state index contributed by atoms with van der Waals surface area (Å²) in [4.78, 5) is 171. The van der Waals surface area contributed by atoms with Gasteiger partial charge >= 0.3 is 47.8 Å². The van der Waals surface area contributed by atoms with E-state index in [0.717, 1.165) is 0 Å². The van der Waals surface area contributed by atoms with Crippen molar-refractivity contribution >= 4 is 135 Å². The molecule has 578 valence electrons. The quantitative estimate of drug-likeness (QED) is 0.105. The van der Waals surface area contributed by atoms with Gasteiger partial charge in [-0.2, -0.15) is 0 Å². The highest BCUT2D eigenvalue weighted by Crippen LogP contribution is 2.44. The summed E-state index contributed by atoms with van der Waals surface area (Å²) in [6, 6.07) is 20.7. The molecular formula is C84H86N12O16. The molecule has 8 bridgehead atoms. The summed E-state index contributed by atoms with van der Waals surface area (Å²) >= 11 is 0. The lowest BCUT2D eigenvalue weighted by atomic mass is 10.0. The van der Waals surface area contributed by atoms with E-state index in [9.17, 15) is 38.4 Å². The molecule has 112 heavy (non-hydrogen) atoms. The summed E-state index contributed by atoms with van der Waals surface area (Å²) in [5, 5.41) is 1.94. The minimum atomic E-state index is -1.03. The van der Waals surface area contributed by atoms with Gasteiger partial charge in [0.1, 0.15) is 44.8 Å². The lowest BCUT2D eigenvalue weighted by Gasteiger charge is -2.22. The number of ether oxygens (including phenoxy) is 8. The number of hydrogen-bond acceptors (Lipinski definition) is 26. The molecule has 13 rings (SSSR count). The van der Waals surface area contributed by atoms with Crippen LogP contribution >= 0.6 is 0 Å². The fourth-order valence-corrected chi connectivity index (χ4v) is 12.4. The maximum atomic E-state index is 14.3. The van der Waals surface area contributed by atoms with E-state index in [-0.39, 0.29) is 44.1 Å². The van der Waals surface area contributed by atoms with Crippen LogP contribution in [0.5, 0.6) is 0 Å². The maximum Gasteiger partial charge on any atom is 0.360 e. The molecule has 0 spiro atoms. The number of benzene rings is 4.